The van der Waals surface area contributed by atoms with E-state index in [1.165, 1.54) is 18.9 Å². The Kier molecular flexibility index (Phi) is 6.69. The van der Waals surface area contributed by atoms with Gasteiger partial charge >= 0.3 is 6.18 Å². The van der Waals surface area contributed by atoms with Gasteiger partial charge < -0.3 is 14.5 Å². The molecule has 0 bridgehead atoms. The van der Waals surface area contributed by atoms with Crippen LogP contribution < -0.4 is 4.90 Å². The molecule has 5 nitrogen and oxygen atoms in total. The lowest BCUT2D eigenvalue weighted by atomic mass is 9.71. The minimum atomic E-state index is -4.58. The number of benzene rings is 2. The maximum Gasteiger partial charge on any atom is 0.417 e. The molecule has 0 radical (unpaired) electrons. The summed E-state index contributed by atoms with van der Waals surface area (Å²) in [5.41, 5.74) is -0.229. The summed E-state index contributed by atoms with van der Waals surface area (Å²) in [6.07, 6.45) is -0.609. The van der Waals surface area contributed by atoms with E-state index in [-0.39, 0.29) is 22.8 Å². The van der Waals surface area contributed by atoms with Crippen LogP contribution in [-0.4, -0.2) is 50.2 Å². The number of alkyl halides is 3. The number of hydrogen-bond acceptors (Lipinski definition) is 4. The van der Waals surface area contributed by atoms with Crippen LogP contribution in [0.15, 0.2) is 48.5 Å². The molecular weight excluding hydrogens is 467 g/mol. The maximum absolute atomic E-state index is 13.5. The van der Waals surface area contributed by atoms with Gasteiger partial charge in [-0.1, -0.05) is 18.2 Å². The Morgan fingerprint density at radius 3 is 2.44 bits per heavy atom. The van der Waals surface area contributed by atoms with Crippen LogP contribution in [0.25, 0.3) is 0 Å². The Morgan fingerprint density at radius 2 is 1.81 bits per heavy atom. The lowest BCUT2D eigenvalue weighted by molar-refractivity contribution is -0.137. The molecule has 3 fully saturated rings. The number of anilines is 1. The molecule has 36 heavy (non-hydrogen) atoms. The number of halogens is 3. The smallest absolute Gasteiger partial charge is 0.381 e. The van der Waals surface area contributed by atoms with E-state index >= 15 is 0 Å². The molecule has 2 aromatic rings. The molecule has 2 saturated heterocycles. The van der Waals surface area contributed by atoms with Crippen molar-refractivity contribution in [1.29, 1.82) is 5.26 Å². The van der Waals surface area contributed by atoms with E-state index in [1.807, 2.05) is 40.1 Å². The summed E-state index contributed by atoms with van der Waals surface area (Å²) >= 11 is 0. The second kappa shape index (κ2) is 9.78. The van der Waals surface area contributed by atoms with Gasteiger partial charge in [0.2, 0.25) is 0 Å². The summed E-state index contributed by atoms with van der Waals surface area (Å²) in [6, 6.07) is 14.9. The zero-order valence-corrected chi connectivity index (χ0v) is 20.1. The number of rotatable bonds is 6. The van der Waals surface area contributed by atoms with Crippen molar-refractivity contribution in [3.63, 3.8) is 0 Å². The molecule has 0 N–H and O–H groups in total. The van der Waals surface area contributed by atoms with Crippen LogP contribution in [0.5, 0.6) is 0 Å². The SMILES string of the molecule is N#Cc1ccc(N2CCC3(CC2)CN(C(=O)c2ccccc2)CC3COCC2CC2)cc1C(F)(F)F. The first-order chi connectivity index (χ1) is 17.3. The molecule has 5 rings (SSSR count). The van der Waals surface area contributed by atoms with Gasteiger partial charge in [-0.15, -0.1) is 0 Å². The lowest BCUT2D eigenvalue weighted by Gasteiger charge is -2.43. The third kappa shape index (κ3) is 5.08. The Morgan fingerprint density at radius 1 is 1.08 bits per heavy atom. The molecule has 1 aliphatic carbocycles. The fraction of sp³-hybridized carbons (Fsp3) is 0.500. The summed E-state index contributed by atoms with van der Waals surface area (Å²) < 4.78 is 46.6. The van der Waals surface area contributed by atoms with Gasteiger partial charge in [0.25, 0.3) is 5.91 Å². The predicted molar refractivity (Wildman–Crippen MR) is 129 cm³/mol. The first kappa shape index (κ1) is 24.6. The molecule has 2 aromatic carbocycles. The first-order valence-corrected chi connectivity index (χ1v) is 12.6. The molecule has 2 heterocycles. The molecule has 0 aromatic heterocycles. The number of nitrogens with zero attached hydrogens (tertiary/aromatic N) is 3. The Hall–Kier alpha value is -3.05. The summed E-state index contributed by atoms with van der Waals surface area (Å²) in [7, 11) is 0. The van der Waals surface area contributed by atoms with Gasteiger partial charge in [-0.2, -0.15) is 18.4 Å². The van der Waals surface area contributed by atoms with Crippen molar-refractivity contribution in [2.24, 2.45) is 17.3 Å². The molecule has 190 valence electrons. The molecular formula is C28H30F3N3O2. The fourth-order valence-electron chi connectivity index (χ4n) is 5.68. The number of likely N-dealkylation sites (tertiary alicyclic amines) is 1. The van der Waals surface area contributed by atoms with E-state index in [9.17, 15) is 18.0 Å². The monoisotopic (exact) mass is 497 g/mol. The molecule has 1 amide bonds. The van der Waals surface area contributed by atoms with Crippen molar-refractivity contribution in [2.45, 2.75) is 31.9 Å². The minimum Gasteiger partial charge on any atom is -0.381 e. The number of amides is 1. The fourth-order valence-corrected chi connectivity index (χ4v) is 5.68. The van der Waals surface area contributed by atoms with Crippen molar-refractivity contribution in [2.75, 3.05) is 44.3 Å². The van der Waals surface area contributed by atoms with Gasteiger partial charge in [0.1, 0.15) is 0 Å². The lowest BCUT2D eigenvalue weighted by Crippen LogP contribution is -2.45. The second-order valence-electron chi connectivity index (χ2n) is 10.4. The highest BCUT2D eigenvalue weighted by Gasteiger charge is 2.49. The number of carbonyl (C=O) groups is 1. The molecule has 1 unspecified atom stereocenters. The first-order valence-electron chi connectivity index (χ1n) is 12.6. The number of hydrogen-bond donors (Lipinski definition) is 0. The third-order valence-corrected chi connectivity index (χ3v) is 8.04. The molecule has 1 saturated carbocycles. The number of nitriles is 1. The average Bonchev–Trinajstić information content (AvgIpc) is 3.65. The van der Waals surface area contributed by atoms with Crippen LogP contribution in [0.2, 0.25) is 0 Å². The van der Waals surface area contributed by atoms with Gasteiger partial charge in [0.05, 0.1) is 23.8 Å². The van der Waals surface area contributed by atoms with Crippen LogP contribution in [-0.2, 0) is 10.9 Å². The second-order valence-corrected chi connectivity index (χ2v) is 10.4. The van der Waals surface area contributed by atoms with Crippen LogP contribution in [0, 0.1) is 28.6 Å². The van der Waals surface area contributed by atoms with Gasteiger partial charge in [-0.05, 0) is 67.3 Å². The normalized spacial score (nSPS) is 21.6. The summed E-state index contributed by atoms with van der Waals surface area (Å²) in [6.45, 7) is 3.81. The van der Waals surface area contributed by atoms with E-state index in [1.54, 1.807) is 12.1 Å². The van der Waals surface area contributed by atoms with E-state index in [4.69, 9.17) is 10.00 Å². The number of ether oxygens (including phenoxy) is 1. The third-order valence-electron chi connectivity index (χ3n) is 8.04. The Labute approximate surface area is 209 Å². The van der Waals surface area contributed by atoms with Crippen molar-refractivity contribution < 1.29 is 22.7 Å². The molecule has 1 spiro atoms. The van der Waals surface area contributed by atoms with Crippen molar-refractivity contribution >= 4 is 11.6 Å². The highest BCUT2D eigenvalue weighted by atomic mass is 19.4. The summed E-state index contributed by atoms with van der Waals surface area (Å²) in [5, 5.41) is 9.10. The number of carbonyl (C=O) groups excluding carboxylic acids is 1. The van der Waals surface area contributed by atoms with Gasteiger partial charge in [0.15, 0.2) is 0 Å². The van der Waals surface area contributed by atoms with Crippen LogP contribution in [0.1, 0.15) is 47.2 Å². The topological polar surface area (TPSA) is 56.6 Å². The standard InChI is InChI=1S/C28H30F3N3O2/c29-28(30,31)25-14-24(9-8-22(25)15-32)33-12-10-27(11-13-33)19-34(26(35)21-4-2-1-3-5-21)16-23(27)18-36-17-20-6-7-20/h1-5,8-9,14,20,23H,6-7,10-13,16-19H2. The van der Waals surface area contributed by atoms with E-state index in [0.717, 1.165) is 25.5 Å². The largest absolute Gasteiger partial charge is 0.417 e. The molecule has 3 aliphatic rings. The quantitative estimate of drug-likeness (QED) is 0.539. The Bertz CT molecular complexity index is 1130. The molecule has 8 heteroatoms. The minimum absolute atomic E-state index is 0.0176. The van der Waals surface area contributed by atoms with Crippen LogP contribution in [0.3, 0.4) is 0 Å². The van der Waals surface area contributed by atoms with E-state index < -0.39 is 11.7 Å². The average molecular weight is 498 g/mol. The maximum atomic E-state index is 13.5. The van der Waals surface area contributed by atoms with Crippen LogP contribution >= 0.6 is 0 Å². The van der Waals surface area contributed by atoms with E-state index in [0.29, 0.717) is 50.0 Å². The van der Waals surface area contributed by atoms with Gasteiger partial charge in [-0.3, -0.25) is 4.79 Å². The predicted octanol–water partition coefficient (Wildman–Crippen LogP) is 5.36. The highest BCUT2D eigenvalue weighted by molar-refractivity contribution is 5.94. The Balaban J connectivity index is 1.32. The molecule has 2 aliphatic heterocycles. The van der Waals surface area contributed by atoms with Crippen molar-refractivity contribution in [3.8, 4) is 6.07 Å². The zero-order chi connectivity index (χ0) is 25.3. The van der Waals surface area contributed by atoms with Crippen molar-refractivity contribution in [3.05, 3.63) is 65.2 Å². The summed E-state index contributed by atoms with van der Waals surface area (Å²) in [5.74, 6) is 0.868. The highest BCUT2D eigenvalue weighted by Crippen LogP contribution is 2.46. The van der Waals surface area contributed by atoms with Crippen molar-refractivity contribution in [1.82, 2.24) is 4.90 Å². The summed E-state index contributed by atoms with van der Waals surface area (Å²) in [4.78, 5) is 17.1. The van der Waals surface area contributed by atoms with Crippen LogP contribution in [0.4, 0.5) is 18.9 Å². The zero-order valence-electron chi connectivity index (χ0n) is 20.1. The van der Waals surface area contributed by atoms with Gasteiger partial charge in [-0.25, -0.2) is 0 Å². The van der Waals surface area contributed by atoms with Gasteiger partial charge in [0, 0.05) is 50.0 Å². The van der Waals surface area contributed by atoms with E-state index in [2.05, 4.69) is 0 Å². The molecule has 1 atom stereocenters. The number of piperidine rings is 1.